The summed E-state index contributed by atoms with van der Waals surface area (Å²) in [6.45, 7) is 3.51. The summed E-state index contributed by atoms with van der Waals surface area (Å²) in [7, 11) is 1.68. The Hall–Kier alpha value is -1.26. The van der Waals surface area contributed by atoms with Gasteiger partial charge in [0.25, 0.3) is 0 Å². The molecule has 0 aliphatic carbocycles. The number of hydrogen-bond donors (Lipinski definition) is 1. The lowest BCUT2D eigenvalue weighted by molar-refractivity contribution is 0.171. The number of fused-ring (bicyclic) bond motifs is 1. The molecular weight excluding hydrogens is 206 g/mol. The van der Waals surface area contributed by atoms with Crippen LogP contribution < -0.4 is 15.2 Å². The fourth-order valence-electron chi connectivity index (χ4n) is 1.97. The van der Waals surface area contributed by atoms with Gasteiger partial charge >= 0.3 is 0 Å². The minimum Gasteiger partial charge on any atom is -0.454 e. The van der Waals surface area contributed by atoms with E-state index in [9.17, 15) is 0 Å². The van der Waals surface area contributed by atoms with E-state index in [1.807, 2.05) is 12.1 Å². The van der Waals surface area contributed by atoms with E-state index >= 15 is 0 Å². The molecule has 1 atom stereocenters. The van der Waals surface area contributed by atoms with Gasteiger partial charge in [-0.15, -0.1) is 0 Å². The lowest BCUT2D eigenvalue weighted by atomic mass is 9.94. The molecular formula is C12H17NO3. The molecule has 1 unspecified atom stereocenters. The second-order valence-corrected chi connectivity index (χ2v) is 3.94. The zero-order valence-corrected chi connectivity index (χ0v) is 9.66. The second kappa shape index (κ2) is 4.72. The molecule has 0 radical (unpaired) electrons. The van der Waals surface area contributed by atoms with Crippen LogP contribution in [0.5, 0.6) is 11.5 Å². The molecule has 1 aromatic carbocycles. The molecule has 1 aromatic rings. The Morgan fingerprint density at radius 1 is 1.44 bits per heavy atom. The normalized spacial score (nSPS) is 15.2. The van der Waals surface area contributed by atoms with Gasteiger partial charge in [-0.25, -0.2) is 0 Å². The van der Waals surface area contributed by atoms with E-state index < -0.39 is 0 Å². The zero-order chi connectivity index (χ0) is 11.5. The van der Waals surface area contributed by atoms with Crippen molar-refractivity contribution in [3.8, 4) is 11.5 Å². The minimum atomic E-state index is 0.238. The number of ether oxygens (including phenoxy) is 3. The summed E-state index contributed by atoms with van der Waals surface area (Å²) in [4.78, 5) is 0. The standard InChI is InChI=1S/C12H17NO3/c1-8(5-13)11-9(6-14-2)3-4-10-12(11)16-7-15-10/h3-4,8H,5-7,13H2,1-2H3. The Labute approximate surface area is 95.3 Å². The van der Waals surface area contributed by atoms with E-state index in [0.717, 1.165) is 22.6 Å². The summed E-state index contributed by atoms with van der Waals surface area (Å²) in [5, 5.41) is 0. The molecule has 4 nitrogen and oxygen atoms in total. The van der Waals surface area contributed by atoms with Gasteiger partial charge in [-0.05, 0) is 24.1 Å². The van der Waals surface area contributed by atoms with Gasteiger partial charge in [0.05, 0.1) is 6.61 Å². The molecule has 0 fully saturated rings. The number of benzene rings is 1. The van der Waals surface area contributed by atoms with Crippen LogP contribution in [0.15, 0.2) is 12.1 Å². The fourth-order valence-corrected chi connectivity index (χ4v) is 1.97. The Bertz CT molecular complexity index is 379. The van der Waals surface area contributed by atoms with Crippen LogP contribution in [0.2, 0.25) is 0 Å². The SMILES string of the molecule is COCc1ccc2c(c1C(C)CN)OCO2. The average Bonchev–Trinajstić information content (AvgIpc) is 2.76. The van der Waals surface area contributed by atoms with Crippen molar-refractivity contribution >= 4 is 0 Å². The van der Waals surface area contributed by atoms with E-state index in [0.29, 0.717) is 13.2 Å². The molecule has 88 valence electrons. The van der Waals surface area contributed by atoms with Gasteiger partial charge in [-0.2, -0.15) is 0 Å². The lowest BCUT2D eigenvalue weighted by Crippen LogP contribution is -2.12. The molecule has 0 saturated heterocycles. The maximum atomic E-state index is 5.73. The maximum Gasteiger partial charge on any atom is 0.231 e. The Morgan fingerprint density at radius 3 is 2.94 bits per heavy atom. The second-order valence-electron chi connectivity index (χ2n) is 3.94. The van der Waals surface area contributed by atoms with Crippen LogP contribution in [0, 0.1) is 0 Å². The summed E-state index contributed by atoms with van der Waals surface area (Å²) < 4.78 is 16.1. The third-order valence-electron chi connectivity index (χ3n) is 2.81. The molecule has 1 heterocycles. The molecule has 2 rings (SSSR count). The van der Waals surface area contributed by atoms with Crippen molar-refractivity contribution in [1.82, 2.24) is 0 Å². The van der Waals surface area contributed by atoms with Crippen LogP contribution >= 0.6 is 0 Å². The first kappa shape index (κ1) is 11.2. The summed E-state index contributed by atoms with van der Waals surface area (Å²) in [6, 6.07) is 3.93. The largest absolute Gasteiger partial charge is 0.454 e. The average molecular weight is 223 g/mol. The van der Waals surface area contributed by atoms with E-state index in [1.165, 1.54) is 0 Å². The monoisotopic (exact) mass is 223 g/mol. The topological polar surface area (TPSA) is 53.7 Å². The zero-order valence-electron chi connectivity index (χ0n) is 9.66. The maximum absolute atomic E-state index is 5.73. The van der Waals surface area contributed by atoms with Gasteiger partial charge in [0, 0.05) is 12.7 Å². The third kappa shape index (κ3) is 1.86. The quantitative estimate of drug-likeness (QED) is 0.842. The first-order valence-corrected chi connectivity index (χ1v) is 5.38. The van der Waals surface area contributed by atoms with Crippen molar-refractivity contribution in [2.24, 2.45) is 5.73 Å². The fraction of sp³-hybridized carbons (Fsp3) is 0.500. The molecule has 2 N–H and O–H groups in total. The van der Waals surface area contributed by atoms with E-state index in [4.69, 9.17) is 19.9 Å². The van der Waals surface area contributed by atoms with Gasteiger partial charge in [-0.3, -0.25) is 0 Å². The highest BCUT2D eigenvalue weighted by atomic mass is 16.7. The first-order valence-electron chi connectivity index (χ1n) is 5.38. The smallest absolute Gasteiger partial charge is 0.231 e. The van der Waals surface area contributed by atoms with Crippen molar-refractivity contribution in [1.29, 1.82) is 0 Å². The van der Waals surface area contributed by atoms with Gasteiger partial charge in [0.2, 0.25) is 6.79 Å². The predicted octanol–water partition coefficient (Wildman–Crippen LogP) is 1.62. The molecule has 0 aromatic heterocycles. The van der Waals surface area contributed by atoms with Gasteiger partial charge in [-0.1, -0.05) is 13.0 Å². The van der Waals surface area contributed by atoms with Crippen molar-refractivity contribution < 1.29 is 14.2 Å². The summed E-state index contributed by atoms with van der Waals surface area (Å²) in [5.74, 6) is 1.87. The Balaban J connectivity index is 2.46. The first-order chi connectivity index (χ1) is 7.77. The van der Waals surface area contributed by atoms with Crippen LogP contribution in [-0.4, -0.2) is 20.4 Å². The predicted molar refractivity (Wildman–Crippen MR) is 60.7 cm³/mol. The minimum absolute atomic E-state index is 0.238. The molecule has 1 aliphatic rings. The molecule has 0 amide bonds. The van der Waals surface area contributed by atoms with E-state index in [2.05, 4.69) is 6.92 Å². The van der Waals surface area contributed by atoms with Crippen LogP contribution in [0.4, 0.5) is 0 Å². The summed E-state index contributed by atoms with van der Waals surface area (Å²) in [6.07, 6.45) is 0. The molecule has 0 saturated carbocycles. The Morgan fingerprint density at radius 2 is 2.25 bits per heavy atom. The highest BCUT2D eigenvalue weighted by Crippen LogP contribution is 2.41. The van der Waals surface area contributed by atoms with Gasteiger partial charge in [0.1, 0.15) is 0 Å². The van der Waals surface area contributed by atoms with Crippen molar-refractivity contribution in [3.63, 3.8) is 0 Å². The highest BCUT2D eigenvalue weighted by molar-refractivity contribution is 5.53. The molecule has 16 heavy (non-hydrogen) atoms. The third-order valence-corrected chi connectivity index (χ3v) is 2.81. The van der Waals surface area contributed by atoms with Gasteiger partial charge < -0.3 is 19.9 Å². The molecule has 1 aliphatic heterocycles. The number of nitrogens with two attached hydrogens (primary N) is 1. The van der Waals surface area contributed by atoms with Crippen molar-refractivity contribution in [2.45, 2.75) is 19.4 Å². The van der Waals surface area contributed by atoms with Crippen LogP contribution in [0.3, 0.4) is 0 Å². The highest BCUT2D eigenvalue weighted by Gasteiger charge is 2.23. The number of hydrogen-bond acceptors (Lipinski definition) is 4. The molecule has 0 spiro atoms. The van der Waals surface area contributed by atoms with Crippen LogP contribution in [0.25, 0.3) is 0 Å². The Kier molecular flexibility index (Phi) is 3.31. The molecule has 0 bridgehead atoms. The summed E-state index contributed by atoms with van der Waals surface area (Å²) >= 11 is 0. The number of methoxy groups -OCH3 is 1. The van der Waals surface area contributed by atoms with Gasteiger partial charge in [0.15, 0.2) is 11.5 Å². The number of rotatable bonds is 4. The van der Waals surface area contributed by atoms with Crippen molar-refractivity contribution in [3.05, 3.63) is 23.3 Å². The van der Waals surface area contributed by atoms with Crippen molar-refractivity contribution in [2.75, 3.05) is 20.4 Å². The van der Waals surface area contributed by atoms with Crippen LogP contribution in [-0.2, 0) is 11.3 Å². The van der Waals surface area contributed by atoms with E-state index in [1.54, 1.807) is 7.11 Å². The van der Waals surface area contributed by atoms with E-state index in [-0.39, 0.29) is 12.7 Å². The summed E-state index contributed by atoms with van der Waals surface area (Å²) in [5.41, 5.74) is 7.95. The molecule has 4 heteroatoms. The van der Waals surface area contributed by atoms with Crippen LogP contribution in [0.1, 0.15) is 24.0 Å². The lowest BCUT2D eigenvalue weighted by Gasteiger charge is -2.16.